The Labute approximate surface area is 146 Å². The molecule has 0 aliphatic carbocycles. The predicted octanol–water partition coefficient (Wildman–Crippen LogP) is 2.31. The summed E-state index contributed by atoms with van der Waals surface area (Å²) >= 11 is 6.30. The number of hydrogen-bond acceptors (Lipinski definition) is 4. The van der Waals surface area contributed by atoms with Crippen LogP contribution < -0.4 is 5.32 Å². The molecule has 0 spiro atoms. The summed E-state index contributed by atoms with van der Waals surface area (Å²) in [5.74, 6) is 0.885. The molecule has 1 saturated heterocycles. The van der Waals surface area contributed by atoms with E-state index in [0.717, 1.165) is 37.4 Å². The van der Waals surface area contributed by atoms with E-state index in [0.29, 0.717) is 11.6 Å². The van der Waals surface area contributed by atoms with Crippen LogP contribution in [0.4, 0.5) is 0 Å². The number of carbonyl (C=O) groups excluding carboxylic acids is 1. The van der Waals surface area contributed by atoms with E-state index in [1.165, 1.54) is 0 Å². The van der Waals surface area contributed by atoms with Gasteiger partial charge in [0.25, 0.3) is 5.91 Å². The topological polar surface area (TPSA) is 63.1 Å². The van der Waals surface area contributed by atoms with Crippen molar-refractivity contribution in [3.8, 4) is 5.69 Å². The van der Waals surface area contributed by atoms with Gasteiger partial charge in [0.2, 0.25) is 5.82 Å². The molecule has 0 radical (unpaired) electrons. The number of nitrogens with zero attached hydrogens (tertiary/aromatic N) is 4. The molecular weight excluding hydrogens is 326 g/mol. The predicted molar refractivity (Wildman–Crippen MR) is 93.7 cm³/mol. The Kier molecular flexibility index (Phi) is 5.16. The largest absolute Gasteiger partial charge is 0.331 e. The van der Waals surface area contributed by atoms with Crippen molar-refractivity contribution in [1.82, 2.24) is 25.0 Å². The molecule has 6 nitrogen and oxygen atoms in total. The zero-order chi connectivity index (χ0) is 17.1. The van der Waals surface area contributed by atoms with Crippen LogP contribution in [0.25, 0.3) is 5.69 Å². The minimum absolute atomic E-state index is 0.118. The Balaban J connectivity index is 1.97. The van der Waals surface area contributed by atoms with Crippen LogP contribution in [0.1, 0.15) is 36.7 Å². The minimum atomic E-state index is -0.118. The van der Waals surface area contributed by atoms with Gasteiger partial charge in [0.1, 0.15) is 5.82 Å². The third kappa shape index (κ3) is 3.30. The Morgan fingerprint density at radius 2 is 2.21 bits per heavy atom. The van der Waals surface area contributed by atoms with Gasteiger partial charge in [-0.3, -0.25) is 4.79 Å². The number of aromatic nitrogens is 3. The fourth-order valence-corrected chi connectivity index (χ4v) is 3.12. The lowest BCUT2D eigenvalue weighted by atomic mass is 10.2. The maximum atomic E-state index is 12.8. The molecule has 24 heavy (non-hydrogen) atoms. The summed E-state index contributed by atoms with van der Waals surface area (Å²) in [7, 11) is 0. The average molecular weight is 348 g/mol. The number of aryl methyl sites for hydroxylation is 1. The number of halogens is 1. The van der Waals surface area contributed by atoms with E-state index in [1.54, 1.807) is 4.68 Å². The van der Waals surface area contributed by atoms with Crippen molar-refractivity contribution in [2.75, 3.05) is 19.6 Å². The molecular formula is C17H22ClN5O. The van der Waals surface area contributed by atoms with Crippen molar-refractivity contribution in [2.24, 2.45) is 0 Å². The highest BCUT2D eigenvalue weighted by Gasteiger charge is 2.28. The first-order valence-corrected chi connectivity index (χ1v) is 8.72. The van der Waals surface area contributed by atoms with Crippen LogP contribution in [0.3, 0.4) is 0 Å². The molecule has 1 unspecified atom stereocenters. The molecule has 1 atom stereocenters. The summed E-state index contributed by atoms with van der Waals surface area (Å²) in [6.45, 7) is 6.36. The number of hydrogen-bond donors (Lipinski definition) is 1. The first-order valence-electron chi connectivity index (χ1n) is 8.34. The first-order chi connectivity index (χ1) is 11.6. The van der Waals surface area contributed by atoms with Crippen LogP contribution in [-0.4, -0.2) is 51.2 Å². The molecule has 2 heterocycles. The van der Waals surface area contributed by atoms with Gasteiger partial charge in [-0.25, -0.2) is 9.67 Å². The lowest BCUT2D eigenvalue weighted by Crippen LogP contribution is -2.52. The Morgan fingerprint density at radius 1 is 1.42 bits per heavy atom. The quantitative estimate of drug-likeness (QED) is 0.921. The van der Waals surface area contributed by atoms with E-state index in [2.05, 4.69) is 22.3 Å². The van der Waals surface area contributed by atoms with Gasteiger partial charge in [-0.1, -0.05) is 30.7 Å². The van der Waals surface area contributed by atoms with Gasteiger partial charge in [0.15, 0.2) is 0 Å². The van der Waals surface area contributed by atoms with Crippen LogP contribution in [0, 0.1) is 0 Å². The van der Waals surface area contributed by atoms with E-state index in [1.807, 2.05) is 36.1 Å². The maximum absolute atomic E-state index is 12.8. The van der Waals surface area contributed by atoms with Crippen LogP contribution in [0.15, 0.2) is 24.3 Å². The maximum Gasteiger partial charge on any atom is 0.293 e. The SMILES string of the molecule is CCCc1nc(C(=O)N2CCNCC2C)nn1-c1ccccc1Cl. The van der Waals surface area contributed by atoms with E-state index >= 15 is 0 Å². The number of nitrogens with one attached hydrogen (secondary N) is 1. The zero-order valence-electron chi connectivity index (χ0n) is 14.0. The van der Waals surface area contributed by atoms with Crippen molar-refractivity contribution in [3.05, 3.63) is 40.9 Å². The fraction of sp³-hybridized carbons (Fsp3) is 0.471. The summed E-state index contributed by atoms with van der Waals surface area (Å²) in [5.41, 5.74) is 0.752. The number of amides is 1. The molecule has 7 heteroatoms. The van der Waals surface area contributed by atoms with Crippen LogP contribution in [0.2, 0.25) is 5.02 Å². The van der Waals surface area contributed by atoms with E-state index < -0.39 is 0 Å². The van der Waals surface area contributed by atoms with Gasteiger partial charge in [-0.15, -0.1) is 5.10 Å². The Bertz CT molecular complexity index is 730. The second kappa shape index (κ2) is 7.32. The number of piperazine rings is 1. The smallest absolute Gasteiger partial charge is 0.293 e. The van der Waals surface area contributed by atoms with Crippen molar-refractivity contribution in [1.29, 1.82) is 0 Å². The number of benzene rings is 1. The fourth-order valence-electron chi connectivity index (χ4n) is 2.91. The number of rotatable bonds is 4. The molecule has 1 fully saturated rings. The standard InChI is InChI=1S/C17H22ClN5O/c1-3-6-15-20-16(17(24)22-10-9-19-11-12(22)2)21-23(15)14-8-5-4-7-13(14)18/h4-5,7-8,12,19H,3,6,9-11H2,1-2H3. The summed E-state index contributed by atoms with van der Waals surface area (Å²) in [6.07, 6.45) is 1.66. The molecule has 3 rings (SSSR count). The van der Waals surface area contributed by atoms with E-state index in [4.69, 9.17) is 11.6 Å². The molecule has 1 aliphatic rings. The zero-order valence-corrected chi connectivity index (χ0v) is 14.8. The van der Waals surface area contributed by atoms with Crippen LogP contribution in [-0.2, 0) is 6.42 Å². The molecule has 2 aromatic rings. The third-order valence-electron chi connectivity index (χ3n) is 4.18. The summed E-state index contributed by atoms with van der Waals surface area (Å²) in [5, 5.41) is 8.35. The second-order valence-electron chi connectivity index (χ2n) is 6.02. The van der Waals surface area contributed by atoms with Gasteiger partial charge in [0.05, 0.1) is 10.7 Å². The summed E-state index contributed by atoms with van der Waals surface area (Å²) in [4.78, 5) is 19.2. The van der Waals surface area contributed by atoms with E-state index in [9.17, 15) is 4.79 Å². The molecule has 1 aliphatic heterocycles. The minimum Gasteiger partial charge on any atom is -0.331 e. The van der Waals surface area contributed by atoms with Crippen LogP contribution in [0.5, 0.6) is 0 Å². The molecule has 1 aromatic heterocycles. The second-order valence-corrected chi connectivity index (χ2v) is 6.42. The molecule has 1 N–H and O–H groups in total. The Morgan fingerprint density at radius 3 is 2.92 bits per heavy atom. The van der Waals surface area contributed by atoms with Gasteiger partial charge < -0.3 is 10.2 Å². The van der Waals surface area contributed by atoms with Gasteiger partial charge >= 0.3 is 0 Å². The molecule has 128 valence electrons. The van der Waals surface area contributed by atoms with E-state index in [-0.39, 0.29) is 17.8 Å². The summed E-state index contributed by atoms with van der Waals surface area (Å²) < 4.78 is 1.70. The first kappa shape index (κ1) is 16.9. The van der Waals surface area contributed by atoms with Crippen molar-refractivity contribution < 1.29 is 4.79 Å². The highest BCUT2D eigenvalue weighted by atomic mass is 35.5. The van der Waals surface area contributed by atoms with Gasteiger partial charge in [-0.2, -0.15) is 0 Å². The third-order valence-corrected chi connectivity index (χ3v) is 4.50. The summed E-state index contributed by atoms with van der Waals surface area (Å²) in [6, 6.07) is 7.61. The number of para-hydroxylation sites is 1. The molecule has 0 bridgehead atoms. The van der Waals surface area contributed by atoms with Crippen molar-refractivity contribution >= 4 is 17.5 Å². The molecule has 0 saturated carbocycles. The lowest BCUT2D eigenvalue weighted by Gasteiger charge is -2.33. The number of carbonyl (C=O) groups is 1. The molecule has 1 aromatic carbocycles. The lowest BCUT2D eigenvalue weighted by molar-refractivity contribution is 0.0643. The van der Waals surface area contributed by atoms with Crippen LogP contribution >= 0.6 is 11.6 Å². The Hall–Kier alpha value is -1.92. The normalized spacial score (nSPS) is 18.0. The van der Waals surface area contributed by atoms with Gasteiger partial charge in [-0.05, 0) is 25.5 Å². The average Bonchev–Trinajstić information content (AvgIpc) is 2.99. The highest BCUT2D eigenvalue weighted by molar-refractivity contribution is 6.32. The van der Waals surface area contributed by atoms with Gasteiger partial charge in [0, 0.05) is 32.1 Å². The molecule has 1 amide bonds. The van der Waals surface area contributed by atoms with Crippen molar-refractivity contribution in [2.45, 2.75) is 32.7 Å². The van der Waals surface area contributed by atoms with Crippen molar-refractivity contribution in [3.63, 3.8) is 0 Å². The monoisotopic (exact) mass is 347 g/mol. The highest BCUT2D eigenvalue weighted by Crippen LogP contribution is 2.21.